The summed E-state index contributed by atoms with van der Waals surface area (Å²) in [6.45, 7) is 5.13. The van der Waals surface area contributed by atoms with Gasteiger partial charge in [0.2, 0.25) is 0 Å². The molecule has 1 aliphatic heterocycles. The van der Waals surface area contributed by atoms with E-state index in [0.29, 0.717) is 6.61 Å². The second-order valence-electron chi connectivity index (χ2n) is 13.6. The molecule has 0 saturated carbocycles. The molecular formula is C51H34O. The normalized spacial score (nSPS) is 12.3. The third-order valence-corrected chi connectivity index (χ3v) is 10.7. The number of ether oxygens (including phenoxy) is 1. The van der Waals surface area contributed by atoms with E-state index in [2.05, 4.69) is 189 Å². The van der Waals surface area contributed by atoms with E-state index in [9.17, 15) is 0 Å². The highest BCUT2D eigenvalue weighted by Gasteiger charge is 2.22. The van der Waals surface area contributed by atoms with Gasteiger partial charge in [0.1, 0.15) is 12.4 Å². The highest BCUT2D eigenvalue weighted by atomic mass is 16.5. The molecule has 0 N–H and O–H groups in total. The SMILES string of the molecule is C=C1c2ccc(-c3c4ccccc4c(-c4cccc5ccccc45)c4ccccc34)cc2OCc2ccc(-c3ccccc3)cc2-c2ccccc21. The van der Waals surface area contributed by atoms with Crippen LogP contribution < -0.4 is 4.74 Å². The van der Waals surface area contributed by atoms with E-state index < -0.39 is 0 Å². The molecule has 1 heteroatoms. The van der Waals surface area contributed by atoms with Crippen molar-refractivity contribution in [1.82, 2.24) is 0 Å². The Bertz CT molecular complexity index is 2800. The minimum Gasteiger partial charge on any atom is -0.488 e. The number of fused-ring (bicyclic) bond motifs is 7. The lowest BCUT2D eigenvalue weighted by Crippen LogP contribution is -1.99. The van der Waals surface area contributed by atoms with Crippen molar-refractivity contribution in [3.05, 3.63) is 205 Å². The molecule has 0 aliphatic carbocycles. The predicted octanol–water partition coefficient (Wildman–Crippen LogP) is 13.8. The Morgan fingerprint density at radius 2 is 0.942 bits per heavy atom. The highest BCUT2D eigenvalue weighted by Crippen LogP contribution is 2.47. The lowest BCUT2D eigenvalue weighted by Gasteiger charge is -2.20. The van der Waals surface area contributed by atoms with Crippen LogP contribution in [0, 0.1) is 0 Å². The van der Waals surface area contributed by atoms with Crippen LogP contribution in [0.25, 0.3) is 82.4 Å². The number of hydrogen-bond acceptors (Lipinski definition) is 1. The van der Waals surface area contributed by atoms with E-state index in [0.717, 1.165) is 33.6 Å². The fourth-order valence-corrected chi connectivity index (χ4v) is 8.26. The van der Waals surface area contributed by atoms with Gasteiger partial charge >= 0.3 is 0 Å². The van der Waals surface area contributed by atoms with Crippen molar-refractivity contribution in [2.45, 2.75) is 6.61 Å². The van der Waals surface area contributed by atoms with Crippen molar-refractivity contribution in [1.29, 1.82) is 0 Å². The molecule has 52 heavy (non-hydrogen) atoms. The van der Waals surface area contributed by atoms with Crippen molar-refractivity contribution in [3.8, 4) is 50.3 Å². The van der Waals surface area contributed by atoms with Gasteiger partial charge in [0, 0.05) is 5.56 Å². The van der Waals surface area contributed by atoms with Crippen molar-refractivity contribution in [2.75, 3.05) is 0 Å². The van der Waals surface area contributed by atoms with Gasteiger partial charge in [-0.25, -0.2) is 0 Å². The molecule has 10 rings (SSSR count). The molecule has 0 fully saturated rings. The van der Waals surface area contributed by atoms with Gasteiger partial charge in [-0.3, -0.25) is 0 Å². The monoisotopic (exact) mass is 662 g/mol. The van der Waals surface area contributed by atoms with Crippen LogP contribution in [0.3, 0.4) is 0 Å². The van der Waals surface area contributed by atoms with Gasteiger partial charge in [0.05, 0.1) is 0 Å². The largest absolute Gasteiger partial charge is 0.488 e. The molecule has 9 aromatic carbocycles. The maximum Gasteiger partial charge on any atom is 0.128 e. The zero-order valence-corrected chi connectivity index (χ0v) is 28.6. The minimum absolute atomic E-state index is 0.448. The predicted molar refractivity (Wildman–Crippen MR) is 220 cm³/mol. The van der Waals surface area contributed by atoms with Crippen LogP contribution in [0.2, 0.25) is 0 Å². The van der Waals surface area contributed by atoms with E-state index in [-0.39, 0.29) is 0 Å². The molecular weight excluding hydrogens is 629 g/mol. The first-order chi connectivity index (χ1) is 25.7. The van der Waals surface area contributed by atoms with Crippen molar-refractivity contribution in [2.24, 2.45) is 0 Å². The summed E-state index contributed by atoms with van der Waals surface area (Å²) in [5, 5.41) is 7.41. The Kier molecular flexibility index (Phi) is 7.11. The average molecular weight is 663 g/mol. The van der Waals surface area contributed by atoms with Crippen LogP contribution >= 0.6 is 0 Å². The topological polar surface area (TPSA) is 9.23 Å². The second-order valence-corrected chi connectivity index (χ2v) is 13.6. The summed E-state index contributed by atoms with van der Waals surface area (Å²) in [6, 6.07) is 65.7. The lowest BCUT2D eigenvalue weighted by atomic mass is 9.84. The van der Waals surface area contributed by atoms with Crippen LogP contribution in [0.1, 0.15) is 16.7 Å². The first kappa shape index (κ1) is 30.2. The van der Waals surface area contributed by atoms with E-state index in [1.807, 2.05) is 0 Å². The van der Waals surface area contributed by atoms with Crippen LogP contribution in [-0.2, 0) is 6.61 Å². The van der Waals surface area contributed by atoms with E-state index >= 15 is 0 Å². The van der Waals surface area contributed by atoms with E-state index in [1.54, 1.807) is 0 Å². The van der Waals surface area contributed by atoms with Crippen molar-refractivity contribution >= 4 is 37.9 Å². The zero-order valence-electron chi connectivity index (χ0n) is 28.6. The number of benzene rings is 9. The Hall–Kier alpha value is -6.70. The van der Waals surface area contributed by atoms with Gasteiger partial charge in [0.15, 0.2) is 0 Å². The van der Waals surface area contributed by atoms with E-state index in [4.69, 9.17) is 4.74 Å². The Morgan fingerprint density at radius 3 is 1.69 bits per heavy atom. The summed E-state index contributed by atoms with van der Waals surface area (Å²) in [5.74, 6) is 0.837. The van der Waals surface area contributed by atoms with Crippen LogP contribution in [0.15, 0.2) is 189 Å². The summed E-state index contributed by atoms with van der Waals surface area (Å²) in [6.07, 6.45) is 0. The molecule has 0 bridgehead atoms. The molecule has 0 saturated heterocycles. The smallest absolute Gasteiger partial charge is 0.128 e. The summed E-state index contributed by atoms with van der Waals surface area (Å²) < 4.78 is 6.85. The molecule has 244 valence electrons. The Labute approximate surface area is 303 Å². The molecule has 1 nitrogen and oxygen atoms in total. The maximum absolute atomic E-state index is 6.85. The lowest BCUT2D eigenvalue weighted by molar-refractivity contribution is 0.306. The fraction of sp³-hybridized carbons (Fsp3) is 0.0196. The fourth-order valence-electron chi connectivity index (χ4n) is 8.26. The first-order valence-corrected chi connectivity index (χ1v) is 17.9. The standard InChI is InChI=1S/C51H34O/c1-33-39-18-7-8-20-42(39)48-30-36(34-14-3-2-4-15-34)26-27-38(48)32-52-49-31-37(28-29-40(33)49)50-44-21-9-11-23-46(44)51(47-24-12-10-22-45(47)50)43-25-13-17-35-16-5-6-19-41(35)43/h2-31H,1,32H2. The molecule has 0 atom stereocenters. The molecule has 0 unspecified atom stereocenters. The minimum atomic E-state index is 0.448. The molecule has 1 aliphatic rings. The van der Waals surface area contributed by atoms with Crippen LogP contribution in [0.4, 0.5) is 0 Å². The molecule has 0 radical (unpaired) electrons. The van der Waals surface area contributed by atoms with Gasteiger partial charge < -0.3 is 4.74 Å². The maximum atomic E-state index is 6.85. The third-order valence-electron chi connectivity index (χ3n) is 10.7. The van der Waals surface area contributed by atoms with E-state index in [1.165, 1.54) is 71.3 Å². The summed E-state index contributed by atoms with van der Waals surface area (Å²) >= 11 is 0. The van der Waals surface area contributed by atoms with Crippen molar-refractivity contribution < 1.29 is 4.74 Å². The molecule has 9 aromatic rings. The number of rotatable bonds is 3. The van der Waals surface area contributed by atoms with Crippen molar-refractivity contribution in [3.63, 3.8) is 0 Å². The second kappa shape index (κ2) is 12.3. The third kappa shape index (κ3) is 4.86. The summed E-state index contributed by atoms with van der Waals surface area (Å²) in [5.41, 5.74) is 13.8. The quantitative estimate of drug-likeness (QED) is 0.171. The van der Waals surface area contributed by atoms with Gasteiger partial charge in [0.25, 0.3) is 0 Å². The van der Waals surface area contributed by atoms with Gasteiger partial charge in [-0.1, -0.05) is 176 Å². The first-order valence-electron chi connectivity index (χ1n) is 17.9. The molecule has 0 amide bonds. The Balaban J connectivity index is 1.17. The highest BCUT2D eigenvalue weighted by molar-refractivity contribution is 6.23. The van der Waals surface area contributed by atoms with Gasteiger partial charge in [-0.05, 0) is 106 Å². The van der Waals surface area contributed by atoms with Crippen LogP contribution in [0.5, 0.6) is 5.75 Å². The number of hydrogen-bond donors (Lipinski definition) is 0. The zero-order chi connectivity index (χ0) is 34.6. The molecule has 0 aromatic heterocycles. The van der Waals surface area contributed by atoms with Gasteiger partial charge in [-0.2, -0.15) is 0 Å². The molecule has 1 heterocycles. The average Bonchev–Trinajstić information content (AvgIpc) is 3.26. The van der Waals surface area contributed by atoms with Crippen LogP contribution in [-0.4, -0.2) is 0 Å². The molecule has 0 spiro atoms. The summed E-state index contributed by atoms with van der Waals surface area (Å²) in [4.78, 5) is 0. The summed E-state index contributed by atoms with van der Waals surface area (Å²) in [7, 11) is 0. The Morgan fingerprint density at radius 1 is 0.365 bits per heavy atom. The van der Waals surface area contributed by atoms with Gasteiger partial charge in [-0.15, -0.1) is 0 Å².